The topological polar surface area (TPSA) is 17.1 Å². The number of halogens is 2. The van der Waals surface area contributed by atoms with Crippen molar-refractivity contribution in [2.75, 3.05) is 0 Å². The molecule has 0 aliphatic carbocycles. The first-order chi connectivity index (χ1) is 6.00. The van der Waals surface area contributed by atoms with E-state index in [0.29, 0.717) is 10.6 Å². The molecular weight excluding hydrogens is 298 g/mol. The average molecular weight is 309 g/mol. The second kappa shape index (κ2) is 4.42. The highest BCUT2D eigenvalue weighted by molar-refractivity contribution is 14.1. The van der Waals surface area contributed by atoms with Gasteiger partial charge < -0.3 is 0 Å². The highest BCUT2D eigenvalue weighted by Crippen LogP contribution is 2.18. The molecule has 0 aliphatic heterocycles. The smallest absolute Gasteiger partial charge is 0.165 e. The Bertz CT molecular complexity index is 313. The summed E-state index contributed by atoms with van der Waals surface area (Å²) in [6, 6.07) is 5.40. The predicted molar refractivity (Wildman–Crippen MR) is 63.3 cm³/mol. The third-order valence-corrected chi connectivity index (χ3v) is 2.51. The highest BCUT2D eigenvalue weighted by atomic mass is 127. The van der Waals surface area contributed by atoms with Crippen molar-refractivity contribution in [1.29, 1.82) is 0 Å². The minimum atomic E-state index is 0.0225. The van der Waals surface area contributed by atoms with Crippen molar-refractivity contribution in [2.45, 2.75) is 13.8 Å². The number of hydrogen-bond donors (Lipinski definition) is 0. The largest absolute Gasteiger partial charge is 0.294 e. The van der Waals surface area contributed by atoms with Crippen LogP contribution >= 0.6 is 34.2 Å². The van der Waals surface area contributed by atoms with Gasteiger partial charge in [-0.3, -0.25) is 4.79 Å². The number of Topliss-reactive ketones (excluding diaryl/α,β-unsaturated/α-hetero) is 1. The summed E-state index contributed by atoms with van der Waals surface area (Å²) in [6.07, 6.45) is 0. The van der Waals surface area contributed by atoms with E-state index in [9.17, 15) is 4.79 Å². The maximum atomic E-state index is 11.6. The van der Waals surface area contributed by atoms with Gasteiger partial charge in [0, 0.05) is 20.1 Å². The zero-order valence-corrected chi connectivity index (χ0v) is 10.4. The number of benzene rings is 1. The molecule has 0 unspecified atom stereocenters. The summed E-state index contributed by atoms with van der Waals surface area (Å²) >= 11 is 7.99. The Labute approximate surface area is 96.6 Å². The van der Waals surface area contributed by atoms with Gasteiger partial charge in [-0.2, -0.15) is 0 Å². The number of ketones is 1. The minimum Gasteiger partial charge on any atom is -0.294 e. The van der Waals surface area contributed by atoms with Crippen molar-refractivity contribution in [3.05, 3.63) is 32.4 Å². The average Bonchev–Trinajstić information content (AvgIpc) is 2.01. The van der Waals surface area contributed by atoms with E-state index in [-0.39, 0.29) is 11.7 Å². The van der Waals surface area contributed by atoms with Gasteiger partial charge in [-0.15, -0.1) is 0 Å². The van der Waals surface area contributed by atoms with Gasteiger partial charge in [0.05, 0.1) is 0 Å². The van der Waals surface area contributed by atoms with Crippen LogP contribution in [0.15, 0.2) is 18.2 Å². The molecule has 0 aromatic heterocycles. The van der Waals surface area contributed by atoms with Gasteiger partial charge in [0.25, 0.3) is 0 Å². The summed E-state index contributed by atoms with van der Waals surface area (Å²) in [5.41, 5.74) is 0.701. The van der Waals surface area contributed by atoms with Gasteiger partial charge >= 0.3 is 0 Å². The zero-order valence-electron chi connectivity index (χ0n) is 7.47. The lowest BCUT2D eigenvalue weighted by Gasteiger charge is -2.04. The van der Waals surface area contributed by atoms with Gasteiger partial charge in [-0.25, -0.2) is 0 Å². The molecule has 3 heteroatoms. The van der Waals surface area contributed by atoms with E-state index < -0.39 is 0 Å². The van der Waals surface area contributed by atoms with E-state index in [4.69, 9.17) is 11.6 Å². The number of carbonyl (C=O) groups is 1. The van der Waals surface area contributed by atoms with Gasteiger partial charge in [-0.05, 0) is 40.8 Å². The monoisotopic (exact) mass is 308 g/mol. The Morgan fingerprint density at radius 3 is 2.46 bits per heavy atom. The van der Waals surface area contributed by atoms with Crippen molar-refractivity contribution in [1.82, 2.24) is 0 Å². The van der Waals surface area contributed by atoms with Crippen LogP contribution in [0, 0.1) is 9.49 Å². The normalized spacial score (nSPS) is 10.5. The van der Waals surface area contributed by atoms with Crippen LogP contribution in [0.1, 0.15) is 24.2 Å². The molecule has 0 saturated carbocycles. The fourth-order valence-electron chi connectivity index (χ4n) is 1.03. The molecule has 0 amide bonds. The summed E-state index contributed by atoms with van der Waals surface area (Å²) in [5, 5.41) is 0.621. The third kappa shape index (κ3) is 2.95. The van der Waals surface area contributed by atoms with Gasteiger partial charge in [0.15, 0.2) is 5.78 Å². The fourth-order valence-corrected chi connectivity index (χ4v) is 2.12. The lowest BCUT2D eigenvalue weighted by molar-refractivity contribution is 0.0939. The molecule has 1 rings (SSSR count). The van der Waals surface area contributed by atoms with Crippen LogP contribution in [-0.2, 0) is 0 Å². The zero-order chi connectivity index (χ0) is 10.0. The molecule has 0 aliphatic rings. The first-order valence-corrected chi connectivity index (χ1v) is 5.46. The second-order valence-electron chi connectivity index (χ2n) is 3.18. The summed E-state index contributed by atoms with van der Waals surface area (Å²) in [7, 11) is 0. The summed E-state index contributed by atoms with van der Waals surface area (Å²) in [4.78, 5) is 11.6. The van der Waals surface area contributed by atoms with E-state index in [2.05, 4.69) is 22.6 Å². The lowest BCUT2D eigenvalue weighted by Crippen LogP contribution is -2.07. The van der Waals surface area contributed by atoms with Crippen LogP contribution in [0.2, 0.25) is 5.02 Å². The Morgan fingerprint density at radius 2 is 2.00 bits per heavy atom. The Morgan fingerprint density at radius 1 is 1.38 bits per heavy atom. The van der Waals surface area contributed by atoms with Gasteiger partial charge in [0.1, 0.15) is 0 Å². The van der Waals surface area contributed by atoms with E-state index in [1.54, 1.807) is 6.07 Å². The molecule has 0 bridgehead atoms. The minimum absolute atomic E-state index is 0.0225. The van der Waals surface area contributed by atoms with Crippen molar-refractivity contribution < 1.29 is 4.79 Å². The molecule has 13 heavy (non-hydrogen) atoms. The summed E-state index contributed by atoms with van der Waals surface area (Å²) in [6.45, 7) is 3.77. The van der Waals surface area contributed by atoms with E-state index in [1.807, 2.05) is 26.0 Å². The number of rotatable bonds is 2. The summed E-state index contributed by atoms with van der Waals surface area (Å²) < 4.78 is 0.995. The van der Waals surface area contributed by atoms with E-state index >= 15 is 0 Å². The molecule has 0 radical (unpaired) electrons. The van der Waals surface area contributed by atoms with Crippen LogP contribution in [0.3, 0.4) is 0 Å². The number of hydrogen-bond acceptors (Lipinski definition) is 1. The molecule has 1 nitrogen and oxygen atoms in total. The van der Waals surface area contributed by atoms with Crippen molar-refractivity contribution >= 4 is 40.0 Å². The molecule has 0 atom stereocenters. The third-order valence-electron chi connectivity index (χ3n) is 1.67. The standard InChI is InChI=1S/C10H10ClIO/c1-6(2)10(13)7-3-8(11)5-9(12)4-7/h3-6H,1-2H3. The molecule has 0 saturated heterocycles. The molecule has 1 aromatic rings. The fraction of sp³-hybridized carbons (Fsp3) is 0.300. The van der Waals surface area contributed by atoms with Crippen LogP contribution in [0.25, 0.3) is 0 Å². The van der Waals surface area contributed by atoms with Crippen molar-refractivity contribution in [2.24, 2.45) is 5.92 Å². The number of carbonyl (C=O) groups excluding carboxylic acids is 1. The predicted octanol–water partition coefficient (Wildman–Crippen LogP) is 3.78. The molecule has 0 spiro atoms. The SMILES string of the molecule is CC(C)C(=O)c1cc(Cl)cc(I)c1. The summed E-state index contributed by atoms with van der Waals surface area (Å²) in [5.74, 6) is 0.162. The van der Waals surface area contributed by atoms with Crippen LogP contribution in [0.5, 0.6) is 0 Å². The lowest BCUT2D eigenvalue weighted by atomic mass is 10.0. The molecule has 0 fully saturated rings. The Hall–Kier alpha value is -0.0900. The Kier molecular flexibility index (Phi) is 3.74. The molecule has 0 heterocycles. The molecular formula is C10H10ClIO. The first-order valence-electron chi connectivity index (χ1n) is 4.01. The molecule has 1 aromatic carbocycles. The Balaban J connectivity index is 3.08. The first kappa shape index (κ1) is 11.0. The van der Waals surface area contributed by atoms with Gasteiger partial charge in [0.2, 0.25) is 0 Å². The van der Waals surface area contributed by atoms with Gasteiger partial charge in [-0.1, -0.05) is 25.4 Å². The van der Waals surface area contributed by atoms with E-state index in [1.165, 1.54) is 0 Å². The van der Waals surface area contributed by atoms with E-state index in [0.717, 1.165) is 3.57 Å². The van der Waals surface area contributed by atoms with Crippen LogP contribution in [0.4, 0.5) is 0 Å². The van der Waals surface area contributed by atoms with Crippen molar-refractivity contribution in [3.63, 3.8) is 0 Å². The molecule has 0 N–H and O–H groups in total. The molecule has 70 valence electrons. The van der Waals surface area contributed by atoms with Crippen LogP contribution in [-0.4, -0.2) is 5.78 Å². The maximum Gasteiger partial charge on any atom is 0.165 e. The van der Waals surface area contributed by atoms with Crippen LogP contribution < -0.4 is 0 Å². The maximum absolute atomic E-state index is 11.6. The highest BCUT2D eigenvalue weighted by Gasteiger charge is 2.11. The quantitative estimate of drug-likeness (QED) is 0.600. The van der Waals surface area contributed by atoms with Crippen molar-refractivity contribution in [3.8, 4) is 0 Å². The second-order valence-corrected chi connectivity index (χ2v) is 4.86.